The normalized spacial score (nSPS) is 13.4. The van der Waals surface area contributed by atoms with Gasteiger partial charge in [-0.15, -0.1) is 0 Å². The molecule has 0 aromatic heterocycles. The molecular formula is C49H50O5Si. The minimum absolute atomic E-state index is 0.0418. The maximum atomic E-state index is 13.2. The fourth-order valence-corrected chi connectivity index (χ4v) is 12.0. The van der Waals surface area contributed by atoms with Gasteiger partial charge in [0.15, 0.2) is 6.10 Å². The number of carboxylic acids is 1. The van der Waals surface area contributed by atoms with Gasteiger partial charge in [-0.05, 0) is 37.7 Å². The van der Waals surface area contributed by atoms with Crippen LogP contribution in [0.15, 0.2) is 194 Å². The third-order valence-electron chi connectivity index (χ3n) is 10.1. The highest BCUT2D eigenvalue weighted by atomic mass is 28.4. The van der Waals surface area contributed by atoms with Gasteiger partial charge < -0.3 is 19.0 Å². The summed E-state index contributed by atoms with van der Waals surface area (Å²) in [6, 6.07) is 61.0. The number of ether oxygens (including phenoxy) is 2. The molecule has 0 heterocycles. The molecule has 6 heteroatoms. The van der Waals surface area contributed by atoms with Crippen molar-refractivity contribution >= 4 is 24.7 Å². The third-order valence-corrected chi connectivity index (χ3v) is 15.1. The van der Waals surface area contributed by atoms with Crippen molar-refractivity contribution in [2.24, 2.45) is 5.92 Å². The maximum Gasteiger partial charge on any atom is 0.333 e. The van der Waals surface area contributed by atoms with Crippen LogP contribution in [0.2, 0.25) is 5.04 Å². The van der Waals surface area contributed by atoms with E-state index in [0.29, 0.717) is 0 Å². The molecule has 0 spiro atoms. The Morgan fingerprint density at radius 2 is 1.02 bits per heavy atom. The van der Waals surface area contributed by atoms with E-state index < -0.39 is 31.9 Å². The zero-order valence-corrected chi connectivity index (χ0v) is 32.8. The molecule has 0 aliphatic heterocycles. The molecule has 0 aliphatic rings. The lowest BCUT2D eigenvalue weighted by molar-refractivity contribution is -0.157. The summed E-state index contributed by atoms with van der Waals surface area (Å²) in [5.74, 6) is -1.74. The highest BCUT2D eigenvalue weighted by molar-refractivity contribution is 6.99. The second-order valence-corrected chi connectivity index (χ2v) is 19.0. The predicted molar refractivity (Wildman–Crippen MR) is 224 cm³/mol. The standard InChI is InChI=1S/C49H50O5Si/c1-48(2,3)55(44-32-18-8-19-33-44,45-34-20-9-21-35-45)54-36-22-25-40(46(47(50)51)52-37-39-23-10-4-11-24-39)38-53-49(41-26-12-5-13-27-41,42-28-14-6-15-29-42)43-30-16-7-17-31-43/h4-35,40,46H,36-38H2,1-3H3,(H,50,51)/b25-22+/t40-,46+/m0/s1. The second-order valence-electron chi connectivity index (χ2n) is 14.7. The summed E-state index contributed by atoms with van der Waals surface area (Å²) in [7, 11) is -2.84. The predicted octanol–water partition coefficient (Wildman–Crippen LogP) is 9.41. The smallest absolute Gasteiger partial charge is 0.333 e. The van der Waals surface area contributed by atoms with Crippen LogP contribution in [-0.2, 0) is 30.9 Å². The van der Waals surface area contributed by atoms with E-state index in [4.69, 9.17) is 13.9 Å². The molecule has 0 radical (unpaired) electrons. The second kappa shape index (κ2) is 18.3. The van der Waals surface area contributed by atoms with Gasteiger partial charge >= 0.3 is 5.97 Å². The maximum absolute atomic E-state index is 13.2. The first-order chi connectivity index (χ1) is 26.8. The van der Waals surface area contributed by atoms with Gasteiger partial charge in [-0.25, -0.2) is 4.79 Å². The van der Waals surface area contributed by atoms with Gasteiger partial charge in [0, 0.05) is 5.92 Å². The molecule has 1 N–H and O–H groups in total. The van der Waals surface area contributed by atoms with Crippen LogP contribution < -0.4 is 10.4 Å². The van der Waals surface area contributed by atoms with Crippen LogP contribution in [0.3, 0.4) is 0 Å². The lowest BCUT2D eigenvalue weighted by Crippen LogP contribution is -2.66. The highest BCUT2D eigenvalue weighted by Gasteiger charge is 2.50. The summed E-state index contributed by atoms with van der Waals surface area (Å²) in [5.41, 5.74) is 2.65. The minimum Gasteiger partial charge on any atom is -0.479 e. The molecule has 0 unspecified atom stereocenters. The van der Waals surface area contributed by atoms with Crippen LogP contribution in [0.25, 0.3) is 0 Å². The first-order valence-electron chi connectivity index (χ1n) is 18.9. The Hall–Kier alpha value is -5.37. The van der Waals surface area contributed by atoms with E-state index in [1.165, 1.54) is 10.4 Å². The van der Waals surface area contributed by atoms with E-state index in [1.807, 2.05) is 109 Å². The fourth-order valence-electron chi connectivity index (χ4n) is 7.54. The SMILES string of the molecule is CC(C)(C)[Si](OC/C=C/[C@@H](COC(c1ccccc1)(c1ccccc1)c1ccccc1)[C@@H](OCc1ccccc1)C(=O)O)(c1ccccc1)c1ccccc1. The summed E-state index contributed by atoms with van der Waals surface area (Å²) in [5, 5.41) is 12.9. The van der Waals surface area contributed by atoms with Gasteiger partial charge in [-0.1, -0.05) is 215 Å². The Balaban J connectivity index is 1.39. The Labute approximate surface area is 327 Å². The average molecular weight is 747 g/mol. The molecule has 2 atom stereocenters. The molecule has 55 heavy (non-hydrogen) atoms. The first-order valence-corrected chi connectivity index (χ1v) is 20.8. The van der Waals surface area contributed by atoms with Gasteiger partial charge in [0.1, 0.15) is 5.60 Å². The largest absolute Gasteiger partial charge is 0.479 e. The number of aliphatic carboxylic acids is 1. The molecule has 6 aromatic rings. The van der Waals surface area contributed by atoms with Gasteiger partial charge in [-0.3, -0.25) is 0 Å². The zero-order valence-electron chi connectivity index (χ0n) is 31.8. The van der Waals surface area contributed by atoms with Crippen LogP contribution in [0, 0.1) is 5.92 Å². The zero-order chi connectivity index (χ0) is 38.6. The Morgan fingerprint density at radius 1 is 0.618 bits per heavy atom. The van der Waals surface area contributed by atoms with E-state index in [1.54, 1.807) is 0 Å². The third kappa shape index (κ3) is 8.96. The number of hydrogen-bond donors (Lipinski definition) is 1. The van der Waals surface area contributed by atoms with Crippen LogP contribution in [0.5, 0.6) is 0 Å². The van der Waals surface area contributed by atoms with Crippen molar-refractivity contribution < 1.29 is 23.8 Å². The van der Waals surface area contributed by atoms with E-state index in [2.05, 4.69) is 106 Å². The number of benzene rings is 6. The molecule has 5 nitrogen and oxygen atoms in total. The van der Waals surface area contributed by atoms with Crippen molar-refractivity contribution in [1.82, 2.24) is 0 Å². The molecule has 0 bridgehead atoms. The Bertz CT molecular complexity index is 1930. The highest BCUT2D eigenvalue weighted by Crippen LogP contribution is 2.41. The van der Waals surface area contributed by atoms with Gasteiger partial charge in [0.05, 0.1) is 19.8 Å². The van der Waals surface area contributed by atoms with E-state index in [9.17, 15) is 9.90 Å². The Morgan fingerprint density at radius 3 is 1.42 bits per heavy atom. The van der Waals surface area contributed by atoms with Crippen LogP contribution >= 0.6 is 0 Å². The van der Waals surface area contributed by atoms with Crippen molar-refractivity contribution in [3.8, 4) is 0 Å². The summed E-state index contributed by atoms with van der Waals surface area (Å²) in [6.45, 7) is 7.19. The molecule has 0 saturated carbocycles. The number of rotatable bonds is 17. The topological polar surface area (TPSA) is 65.0 Å². The monoisotopic (exact) mass is 746 g/mol. The van der Waals surface area contributed by atoms with Crippen LogP contribution in [0.1, 0.15) is 43.0 Å². The van der Waals surface area contributed by atoms with Gasteiger partial charge in [-0.2, -0.15) is 0 Å². The van der Waals surface area contributed by atoms with E-state index >= 15 is 0 Å². The van der Waals surface area contributed by atoms with Gasteiger partial charge in [0.25, 0.3) is 8.32 Å². The fraction of sp³-hybridized carbons (Fsp3) is 0.204. The summed E-state index contributed by atoms with van der Waals surface area (Å²) in [4.78, 5) is 13.2. The molecule has 0 amide bonds. The Kier molecular flexibility index (Phi) is 13.1. The van der Waals surface area contributed by atoms with Gasteiger partial charge in [0.2, 0.25) is 0 Å². The summed E-state index contributed by atoms with van der Waals surface area (Å²) in [6.07, 6.45) is 2.65. The molecule has 6 aromatic carbocycles. The number of carboxylic acid groups (broad SMARTS) is 1. The van der Waals surface area contributed by atoms with Crippen molar-refractivity contribution in [3.05, 3.63) is 216 Å². The average Bonchev–Trinajstić information content (AvgIpc) is 3.22. The van der Waals surface area contributed by atoms with E-state index in [0.717, 1.165) is 22.3 Å². The number of hydrogen-bond acceptors (Lipinski definition) is 4. The first kappa shape index (κ1) is 39.3. The summed E-state index contributed by atoms with van der Waals surface area (Å²) < 4.78 is 20.6. The molecule has 0 aliphatic carbocycles. The quantitative estimate of drug-likeness (QED) is 0.0573. The molecule has 0 fully saturated rings. The summed E-state index contributed by atoms with van der Waals surface area (Å²) >= 11 is 0. The molecular weight excluding hydrogens is 697 g/mol. The van der Waals surface area contributed by atoms with Crippen molar-refractivity contribution in [2.45, 2.75) is 44.1 Å². The minimum atomic E-state index is -2.84. The van der Waals surface area contributed by atoms with E-state index in [-0.39, 0.29) is 24.9 Å². The molecule has 280 valence electrons. The van der Waals surface area contributed by atoms with Crippen LogP contribution in [0.4, 0.5) is 0 Å². The molecule has 6 rings (SSSR count). The van der Waals surface area contributed by atoms with Crippen molar-refractivity contribution in [1.29, 1.82) is 0 Å². The number of carbonyl (C=O) groups is 1. The lowest BCUT2D eigenvalue weighted by Gasteiger charge is -2.42. The lowest BCUT2D eigenvalue weighted by atomic mass is 9.80. The van der Waals surface area contributed by atoms with Crippen molar-refractivity contribution in [3.63, 3.8) is 0 Å². The molecule has 0 saturated heterocycles. The van der Waals surface area contributed by atoms with Crippen LogP contribution in [-0.4, -0.2) is 38.7 Å². The van der Waals surface area contributed by atoms with Crippen molar-refractivity contribution in [2.75, 3.05) is 13.2 Å².